The van der Waals surface area contributed by atoms with Crippen molar-refractivity contribution in [1.29, 1.82) is 0 Å². The third-order valence-corrected chi connectivity index (χ3v) is 2.46. The van der Waals surface area contributed by atoms with Crippen molar-refractivity contribution < 1.29 is 0 Å². The highest BCUT2D eigenvalue weighted by Crippen LogP contribution is 2.20. The highest BCUT2D eigenvalue weighted by Gasteiger charge is 2.18. The maximum atomic E-state index is 3.31. The summed E-state index contributed by atoms with van der Waals surface area (Å²) in [7, 11) is 2.04. The number of rotatable bonds is 1. The molecular weight excluding hydrogens is 134 g/mol. The molecule has 11 heavy (non-hydrogen) atoms. The fraction of sp³-hybridized carbons (Fsp3) is 0.400. The molecule has 1 aliphatic carbocycles. The summed E-state index contributed by atoms with van der Waals surface area (Å²) < 4.78 is 0. The lowest BCUT2D eigenvalue weighted by Gasteiger charge is -2.04. The fourth-order valence-corrected chi connectivity index (χ4v) is 1.76. The third-order valence-electron chi connectivity index (χ3n) is 2.46. The van der Waals surface area contributed by atoms with Gasteiger partial charge in [0, 0.05) is 6.04 Å². The van der Waals surface area contributed by atoms with Crippen LogP contribution in [0.25, 0.3) is 0 Å². The second-order valence-corrected chi connectivity index (χ2v) is 3.16. The molecule has 0 radical (unpaired) electrons. The van der Waals surface area contributed by atoms with Gasteiger partial charge in [0.15, 0.2) is 0 Å². The number of hydrogen-bond acceptors (Lipinski definition) is 1. The minimum atomic E-state index is 0.674. The topological polar surface area (TPSA) is 12.0 Å². The predicted molar refractivity (Wildman–Crippen MR) is 46.7 cm³/mol. The van der Waals surface area contributed by atoms with Crippen molar-refractivity contribution in [2.45, 2.75) is 18.9 Å². The zero-order valence-corrected chi connectivity index (χ0v) is 6.80. The first-order chi connectivity index (χ1) is 5.40. The molecule has 0 saturated heterocycles. The first kappa shape index (κ1) is 6.86. The first-order valence-electron chi connectivity index (χ1n) is 4.14. The Labute approximate surface area is 67.4 Å². The van der Waals surface area contributed by atoms with E-state index in [2.05, 4.69) is 29.6 Å². The summed E-state index contributed by atoms with van der Waals surface area (Å²) in [4.78, 5) is 0. The number of likely N-dealkylation sites (N-methyl/N-ethyl adjacent to an activating group) is 1. The van der Waals surface area contributed by atoms with Crippen molar-refractivity contribution >= 4 is 0 Å². The van der Waals surface area contributed by atoms with Gasteiger partial charge >= 0.3 is 0 Å². The maximum Gasteiger partial charge on any atom is 0.0145 e. The van der Waals surface area contributed by atoms with Gasteiger partial charge in [-0.2, -0.15) is 0 Å². The molecule has 0 amide bonds. The van der Waals surface area contributed by atoms with Gasteiger partial charge in [-0.25, -0.2) is 0 Å². The average molecular weight is 147 g/mol. The van der Waals surface area contributed by atoms with Crippen molar-refractivity contribution in [3.05, 3.63) is 35.4 Å². The molecule has 1 nitrogen and oxygen atoms in total. The summed E-state index contributed by atoms with van der Waals surface area (Å²) in [5, 5.41) is 3.31. The van der Waals surface area contributed by atoms with E-state index in [0.29, 0.717) is 6.04 Å². The molecule has 0 saturated carbocycles. The van der Waals surface area contributed by atoms with Crippen LogP contribution in [0.1, 0.15) is 11.1 Å². The molecule has 0 unspecified atom stereocenters. The van der Waals surface area contributed by atoms with Crippen LogP contribution in [-0.2, 0) is 12.8 Å². The van der Waals surface area contributed by atoms with Gasteiger partial charge in [-0.05, 0) is 31.0 Å². The summed E-state index contributed by atoms with van der Waals surface area (Å²) in [6, 6.07) is 9.38. The van der Waals surface area contributed by atoms with E-state index in [1.165, 1.54) is 24.0 Å². The molecule has 0 atom stereocenters. The Hall–Kier alpha value is -0.820. The molecule has 0 spiro atoms. The van der Waals surface area contributed by atoms with Crippen LogP contribution in [0.2, 0.25) is 0 Å². The minimum Gasteiger partial charge on any atom is -0.316 e. The van der Waals surface area contributed by atoms with Crippen molar-refractivity contribution in [3.63, 3.8) is 0 Å². The molecule has 0 heterocycles. The molecule has 2 rings (SSSR count). The van der Waals surface area contributed by atoms with Crippen LogP contribution in [0.4, 0.5) is 0 Å². The molecule has 0 bridgehead atoms. The van der Waals surface area contributed by atoms with Crippen molar-refractivity contribution in [1.82, 2.24) is 5.32 Å². The van der Waals surface area contributed by atoms with Crippen molar-refractivity contribution in [2.24, 2.45) is 0 Å². The van der Waals surface area contributed by atoms with Crippen molar-refractivity contribution in [2.75, 3.05) is 7.05 Å². The second-order valence-electron chi connectivity index (χ2n) is 3.16. The summed E-state index contributed by atoms with van der Waals surface area (Å²) in [5.41, 5.74) is 3.04. The van der Waals surface area contributed by atoms with Gasteiger partial charge in [-0.1, -0.05) is 24.3 Å². The molecule has 0 fully saturated rings. The average Bonchev–Trinajstić information content (AvgIpc) is 2.46. The molecule has 1 N–H and O–H groups in total. The molecule has 0 aliphatic heterocycles. The van der Waals surface area contributed by atoms with Gasteiger partial charge in [0.05, 0.1) is 0 Å². The highest BCUT2D eigenvalue weighted by atomic mass is 14.9. The minimum absolute atomic E-state index is 0.674. The Bertz CT molecular complexity index is 230. The van der Waals surface area contributed by atoms with E-state index in [0.717, 1.165) is 0 Å². The predicted octanol–water partition coefficient (Wildman–Crippen LogP) is 1.37. The summed E-state index contributed by atoms with van der Waals surface area (Å²) in [6.45, 7) is 0. The SMILES string of the molecule is CNC1Cc2ccccc2C1. The fourth-order valence-electron chi connectivity index (χ4n) is 1.76. The third kappa shape index (κ3) is 1.16. The normalized spacial score (nSPS) is 16.8. The van der Waals surface area contributed by atoms with E-state index in [1.807, 2.05) is 7.05 Å². The Morgan fingerprint density at radius 3 is 2.18 bits per heavy atom. The Balaban J connectivity index is 2.27. The lowest BCUT2D eigenvalue weighted by Crippen LogP contribution is -2.24. The molecular formula is C10H13N. The lowest BCUT2D eigenvalue weighted by atomic mass is 10.1. The zero-order valence-electron chi connectivity index (χ0n) is 6.80. The van der Waals surface area contributed by atoms with E-state index in [4.69, 9.17) is 0 Å². The molecule has 0 aromatic heterocycles. The van der Waals surface area contributed by atoms with E-state index in [1.54, 1.807) is 0 Å². The van der Waals surface area contributed by atoms with E-state index in [9.17, 15) is 0 Å². The van der Waals surface area contributed by atoms with Crippen LogP contribution in [0.3, 0.4) is 0 Å². The summed E-state index contributed by atoms with van der Waals surface area (Å²) in [6.07, 6.45) is 2.40. The number of fused-ring (bicyclic) bond motifs is 1. The van der Waals surface area contributed by atoms with Crippen LogP contribution < -0.4 is 5.32 Å². The van der Waals surface area contributed by atoms with Gasteiger partial charge in [0.25, 0.3) is 0 Å². The summed E-state index contributed by atoms with van der Waals surface area (Å²) in [5.74, 6) is 0. The van der Waals surface area contributed by atoms with Crippen LogP contribution >= 0.6 is 0 Å². The summed E-state index contributed by atoms with van der Waals surface area (Å²) >= 11 is 0. The number of hydrogen-bond donors (Lipinski definition) is 1. The highest BCUT2D eigenvalue weighted by molar-refractivity contribution is 5.33. The number of nitrogens with one attached hydrogen (secondary N) is 1. The Kier molecular flexibility index (Phi) is 1.66. The van der Waals surface area contributed by atoms with Crippen LogP contribution in [0.5, 0.6) is 0 Å². The number of benzene rings is 1. The molecule has 58 valence electrons. The molecule has 1 aliphatic rings. The van der Waals surface area contributed by atoms with Gasteiger partial charge in [-0.15, -0.1) is 0 Å². The molecule has 1 heteroatoms. The second kappa shape index (κ2) is 2.67. The standard InChI is InChI=1S/C10H13N/c1-11-10-6-8-4-2-3-5-9(8)7-10/h2-5,10-11H,6-7H2,1H3. The van der Waals surface area contributed by atoms with Gasteiger partial charge in [-0.3, -0.25) is 0 Å². The quantitative estimate of drug-likeness (QED) is 0.632. The van der Waals surface area contributed by atoms with Crippen LogP contribution in [0, 0.1) is 0 Å². The van der Waals surface area contributed by atoms with Gasteiger partial charge < -0.3 is 5.32 Å². The van der Waals surface area contributed by atoms with Crippen molar-refractivity contribution in [3.8, 4) is 0 Å². The lowest BCUT2D eigenvalue weighted by molar-refractivity contribution is 0.593. The van der Waals surface area contributed by atoms with Gasteiger partial charge in [0.1, 0.15) is 0 Å². The Morgan fingerprint density at radius 1 is 1.18 bits per heavy atom. The largest absolute Gasteiger partial charge is 0.316 e. The monoisotopic (exact) mass is 147 g/mol. The van der Waals surface area contributed by atoms with Crippen LogP contribution in [-0.4, -0.2) is 13.1 Å². The van der Waals surface area contributed by atoms with Gasteiger partial charge in [0.2, 0.25) is 0 Å². The molecule has 1 aromatic carbocycles. The van der Waals surface area contributed by atoms with Crippen LogP contribution in [0.15, 0.2) is 24.3 Å². The zero-order chi connectivity index (χ0) is 7.68. The van der Waals surface area contributed by atoms with E-state index < -0.39 is 0 Å². The smallest absolute Gasteiger partial charge is 0.0145 e. The first-order valence-corrected chi connectivity index (χ1v) is 4.14. The Morgan fingerprint density at radius 2 is 1.73 bits per heavy atom. The van der Waals surface area contributed by atoms with E-state index >= 15 is 0 Å². The molecule has 1 aromatic rings. The maximum absolute atomic E-state index is 3.31. The van der Waals surface area contributed by atoms with E-state index in [-0.39, 0.29) is 0 Å².